The van der Waals surface area contributed by atoms with Crippen LogP contribution in [0.4, 0.5) is 5.82 Å². The lowest BCUT2D eigenvalue weighted by atomic mass is 10.2. The summed E-state index contributed by atoms with van der Waals surface area (Å²) in [5.74, 6) is 3.63. The molecule has 3 heterocycles. The summed E-state index contributed by atoms with van der Waals surface area (Å²) in [5, 5.41) is 5.77. The maximum absolute atomic E-state index is 4.90. The Hall–Kier alpha value is -0.720. The second kappa shape index (κ2) is 5.24. The van der Waals surface area contributed by atoms with Crippen LogP contribution < -0.4 is 10.2 Å². The van der Waals surface area contributed by atoms with Gasteiger partial charge in [0, 0.05) is 48.3 Å². The molecule has 0 spiro atoms. The second-order valence-electron chi connectivity index (χ2n) is 5.71. The van der Waals surface area contributed by atoms with Gasteiger partial charge in [0.05, 0.1) is 5.69 Å². The lowest BCUT2D eigenvalue weighted by molar-refractivity contribution is 0.650. The van der Waals surface area contributed by atoms with E-state index in [1.54, 1.807) is 11.3 Å². The number of thioether (sulfide) groups is 1. The molecule has 20 heavy (non-hydrogen) atoms. The van der Waals surface area contributed by atoms with E-state index in [0.717, 1.165) is 24.1 Å². The van der Waals surface area contributed by atoms with Crippen molar-refractivity contribution in [3.05, 3.63) is 17.3 Å². The number of thiazole rings is 1. The van der Waals surface area contributed by atoms with Crippen LogP contribution in [0, 0.1) is 0 Å². The van der Waals surface area contributed by atoms with Crippen LogP contribution in [0.3, 0.4) is 0 Å². The summed E-state index contributed by atoms with van der Waals surface area (Å²) < 4.78 is 2.27. The summed E-state index contributed by atoms with van der Waals surface area (Å²) in [6.07, 6.45) is 4.82. The summed E-state index contributed by atoms with van der Waals surface area (Å²) >= 11 is 3.78. The highest BCUT2D eigenvalue weighted by Gasteiger charge is 2.27. The van der Waals surface area contributed by atoms with Crippen molar-refractivity contribution in [3.8, 4) is 0 Å². The van der Waals surface area contributed by atoms with Crippen LogP contribution in [0.15, 0.2) is 11.6 Å². The molecule has 0 bridgehead atoms. The Bertz CT molecular complexity index is 601. The summed E-state index contributed by atoms with van der Waals surface area (Å²) in [6.45, 7) is 4.37. The third-order valence-electron chi connectivity index (χ3n) is 4.12. The zero-order valence-corrected chi connectivity index (χ0v) is 13.3. The van der Waals surface area contributed by atoms with Gasteiger partial charge in [-0.15, -0.1) is 11.3 Å². The molecule has 1 atom stereocenters. The van der Waals surface area contributed by atoms with Gasteiger partial charge in [-0.1, -0.05) is 0 Å². The average Bonchev–Trinajstić information content (AvgIpc) is 3.05. The summed E-state index contributed by atoms with van der Waals surface area (Å²) in [7, 11) is 0. The van der Waals surface area contributed by atoms with Crippen LogP contribution in [-0.2, 0) is 6.54 Å². The van der Waals surface area contributed by atoms with Crippen LogP contribution in [0.5, 0.6) is 0 Å². The monoisotopic (exact) mass is 308 g/mol. The molecule has 1 unspecified atom stereocenters. The molecule has 0 radical (unpaired) electrons. The van der Waals surface area contributed by atoms with Gasteiger partial charge in [-0.2, -0.15) is 11.8 Å². The smallest absolute Gasteiger partial charge is 0.195 e. The molecular formula is C14H20N4S2. The molecule has 2 fully saturated rings. The van der Waals surface area contributed by atoms with Crippen LogP contribution in [0.25, 0.3) is 4.96 Å². The lowest BCUT2D eigenvalue weighted by Crippen LogP contribution is -2.41. The topological polar surface area (TPSA) is 32.6 Å². The van der Waals surface area contributed by atoms with Crippen molar-refractivity contribution in [1.82, 2.24) is 14.7 Å². The van der Waals surface area contributed by atoms with E-state index in [-0.39, 0.29) is 0 Å². The van der Waals surface area contributed by atoms with E-state index in [0.29, 0.717) is 6.04 Å². The number of fused-ring (bicyclic) bond motifs is 1. The van der Waals surface area contributed by atoms with Crippen molar-refractivity contribution in [2.24, 2.45) is 0 Å². The molecule has 0 aromatic carbocycles. The second-order valence-corrected chi connectivity index (χ2v) is 7.73. The molecule has 1 aliphatic heterocycles. The number of imidazole rings is 1. The first-order chi connectivity index (χ1) is 9.83. The predicted octanol–water partition coefficient (Wildman–Crippen LogP) is 2.59. The van der Waals surface area contributed by atoms with E-state index in [1.165, 1.54) is 35.9 Å². The fourth-order valence-corrected chi connectivity index (χ4v) is 4.53. The minimum atomic E-state index is 0.582. The van der Waals surface area contributed by atoms with Crippen molar-refractivity contribution >= 4 is 33.9 Å². The molecule has 6 heteroatoms. The van der Waals surface area contributed by atoms with E-state index in [1.807, 2.05) is 0 Å². The Morgan fingerprint density at radius 1 is 1.45 bits per heavy atom. The number of hydrogen-bond donors (Lipinski definition) is 1. The van der Waals surface area contributed by atoms with Crippen molar-refractivity contribution in [2.75, 3.05) is 23.0 Å². The molecular weight excluding hydrogens is 288 g/mol. The first kappa shape index (κ1) is 13.0. The summed E-state index contributed by atoms with van der Waals surface area (Å²) in [6, 6.07) is 1.32. The first-order valence-corrected chi connectivity index (χ1v) is 9.38. The van der Waals surface area contributed by atoms with Crippen molar-refractivity contribution in [2.45, 2.75) is 38.4 Å². The molecule has 1 saturated heterocycles. The standard InChI is InChI=1S/C14H20N4S2/c1-10-9-19-6-4-17(10)13-12(8-15-11-2-3-11)18-5-7-20-14(18)16-13/h5,7,10-11,15H,2-4,6,8-9H2,1H3. The molecule has 2 aromatic heterocycles. The lowest BCUT2D eigenvalue weighted by Gasteiger charge is -2.34. The molecule has 2 aromatic rings. The largest absolute Gasteiger partial charge is 0.351 e. The third-order valence-corrected chi connectivity index (χ3v) is 6.06. The van der Waals surface area contributed by atoms with E-state index in [4.69, 9.17) is 4.98 Å². The predicted molar refractivity (Wildman–Crippen MR) is 87.1 cm³/mol. The number of nitrogens with one attached hydrogen (secondary N) is 1. The molecule has 4 nitrogen and oxygen atoms in total. The highest BCUT2D eigenvalue weighted by atomic mass is 32.2. The van der Waals surface area contributed by atoms with Crippen molar-refractivity contribution in [1.29, 1.82) is 0 Å². The van der Waals surface area contributed by atoms with Gasteiger partial charge in [-0.05, 0) is 19.8 Å². The van der Waals surface area contributed by atoms with Gasteiger partial charge in [0.15, 0.2) is 10.8 Å². The van der Waals surface area contributed by atoms with Gasteiger partial charge in [0.2, 0.25) is 0 Å². The molecule has 4 rings (SSSR count). The highest BCUT2D eigenvalue weighted by Crippen LogP contribution is 2.30. The minimum Gasteiger partial charge on any atom is -0.351 e. The molecule has 1 N–H and O–H groups in total. The number of hydrogen-bond acceptors (Lipinski definition) is 5. The van der Waals surface area contributed by atoms with Gasteiger partial charge in [-0.25, -0.2) is 4.98 Å². The van der Waals surface area contributed by atoms with E-state index in [2.05, 4.69) is 44.9 Å². The number of nitrogens with zero attached hydrogens (tertiary/aromatic N) is 3. The Balaban J connectivity index is 1.68. The van der Waals surface area contributed by atoms with Gasteiger partial charge in [-0.3, -0.25) is 4.40 Å². The highest BCUT2D eigenvalue weighted by molar-refractivity contribution is 7.99. The summed E-state index contributed by atoms with van der Waals surface area (Å²) in [5.41, 5.74) is 1.34. The van der Waals surface area contributed by atoms with Gasteiger partial charge >= 0.3 is 0 Å². The maximum Gasteiger partial charge on any atom is 0.195 e. The Morgan fingerprint density at radius 2 is 2.35 bits per heavy atom. The normalized spacial score (nSPS) is 23.6. The molecule has 2 aliphatic rings. The van der Waals surface area contributed by atoms with E-state index in [9.17, 15) is 0 Å². The van der Waals surface area contributed by atoms with E-state index < -0.39 is 0 Å². The van der Waals surface area contributed by atoms with Crippen molar-refractivity contribution in [3.63, 3.8) is 0 Å². The zero-order valence-electron chi connectivity index (χ0n) is 11.7. The molecule has 1 aliphatic carbocycles. The Kier molecular flexibility index (Phi) is 3.40. The SMILES string of the molecule is CC1CSCCN1c1nc2sccn2c1CNC1CC1. The number of anilines is 1. The quantitative estimate of drug-likeness (QED) is 0.941. The van der Waals surface area contributed by atoms with Crippen molar-refractivity contribution < 1.29 is 0 Å². The van der Waals surface area contributed by atoms with Gasteiger partial charge in [0.1, 0.15) is 0 Å². The average molecular weight is 308 g/mol. The molecule has 1 saturated carbocycles. The van der Waals surface area contributed by atoms with Crippen LogP contribution in [0.2, 0.25) is 0 Å². The van der Waals surface area contributed by atoms with Crippen LogP contribution in [-0.4, -0.2) is 39.5 Å². The fraction of sp³-hybridized carbons (Fsp3) is 0.643. The van der Waals surface area contributed by atoms with Crippen LogP contribution >= 0.6 is 23.1 Å². The fourth-order valence-electron chi connectivity index (χ4n) is 2.79. The third kappa shape index (κ3) is 2.34. The maximum atomic E-state index is 4.90. The number of rotatable bonds is 4. The Morgan fingerprint density at radius 3 is 3.15 bits per heavy atom. The Labute approximate surface area is 127 Å². The van der Waals surface area contributed by atoms with E-state index >= 15 is 0 Å². The summed E-state index contributed by atoms with van der Waals surface area (Å²) in [4.78, 5) is 8.53. The van der Waals surface area contributed by atoms with Gasteiger partial charge in [0.25, 0.3) is 0 Å². The van der Waals surface area contributed by atoms with Crippen LogP contribution in [0.1, 0.15) is 25.5 Å². The molecule has 0 amide bonds. The number of aromatic nitrogens is 2. The first-order valence-electron chi connectivity index (χ1n) is 7.35. The minimum absolute atomic E-state index is 0.582. The molecule has 108 valence electrons. The zero-order chi connectivity index (χ0) is 13.5. The van der Waals surface area contributed by atoms with Gasteiger partial charge < -0.3 is 10.2 Å².